The summed E-state index contributed by atoms with van der Waals surface area (Å²) in [5, 5.41) is 14.9. The van der Waals surface area contributed by atoms with Gasteiger partial charge in [0, 0.05) is 36.9 Å². The van der Waals surface area contributed by atoms with Crippen molar-refractivity contribution in [3.05, 3.63) is 33.9 Å². The minimum Gasteiger partial charge on any atom is -0.383 e. The van der Waals surface area contributed by atoms with Gasteiger partial charge >= 0.3 is 0 Å². The number of carbonyl (C=O) groups excluding carboxylic acids is 1. The molecule has 1 saturated heterocycles. The molecule has 0 bridgehead atoms. The lowest BCUT2D eigenvalue weighted by Gasteiger charge is -2.43. The highest BCUT2D eigenvalue weighted by molar-refractivity contribution is 5.99. The lowest BCUT2D eigenvalue weighted by molar-refractivity contribution is -0.385. The summed E-state index contributed by atoms with van der Waals surface area (Å²) in [4.78, 5) is 27.7. The van der Waals surface area contributed by atoms with Gasteiger partial charge in [0.1, 0.15) is 5.56 Å². The Hall–Kier alpha value is -2.15. The first-order valence-electron chi connectivity index (χ1n) is 9.92. The van der Waals surface area contributed by atoms with Crippen molar-refractivity contribution >= 4 is 17.3 Å². The summed E-state index contributed by atoms with van der Waals surface area (Å²) < 4.78 is 0. The van der Waals surface area contributed by atoms with Crippen molar-refractivity contribution in [1.29, 1.82) is 0 Å². The highest BCUT2D eigenvalue weighted by Crippen LogP contribution is 2.33. The van der Waals surface area contributed by atoms with Gasteiger partial charge in [-0.1, -0.05) is 19.3 Å². The number of nitrogens with zero attached hydrogens (tertiary/aromatic N) is 3. The number of benzene rings is 1. The molecule has 0 atom stereocenters. The molecular formula is C20H30N4O3. The summed E-state index contributed by atoms with van der Waals surface area (Å²) in [6.45, 7) is 2.13. The van der Waals surface area contributed by atoms with E-state index in [-0.39, 0.29) is 22.7 Å². The first kappa shape index (κ1) is 19.6. The van der Waals surface area contributed by atoms with Crippen molar-refractivity contribution in [2.24, 2.45) is 0 Å². The first-order chi connectivity index (χ1) is 12.9. The third-order valence-corrected chi connectivity index (χ3v) is 6.17. The van der Waals surface area contributed by atoms with E-state index in [9.17, 15) is 14.9 Å². The average Bonchev–Trinajstić information content (AvgIpc) is 3.21. The Labute approximate surface area is 160 Å². The molecule has 1 aliphatic carbocycles. The van der Waals surface area contributed by atoms with Crippen molar-refractivity contribution in [2.75, 3.05) is 39.0 Å². The predicted molar refractivity (Wildman–Crippen MR) is 106 cm³/mol. The molecule has 0 spiro atoms. The fourth-order valence-electron chi connectivity index (χ4n) is 4.33. The molecule has 0 aromatic heterocycles. The van der Waals surface area contributed by atoms with Crippen LogP contribution in [0.4, 0.5) is 11.4 Å². The molecule has 7 nitrogen and oxygen atoms in total. The van der Waals surface area contributed by atoms with Crippen molar-refractivity contribution in [3.63, 3.8) is 0 Å². The van der Waals surface area contributed by atoms with Crippen LogP contribution >= 0.6 is 0 Å². The van der Waals surface area contributed by atoms with E-state index in [1.54, 1.807) is 17.0 Å². The van der Waals surface area contributed by atoms with Gasteiger partial charge in [-0.2, -0.15) is 0 Å². The molecule has 1 saturated carbocycles. The topological polar surface area (TPSA) is 78.7 Å². The number of nitro benzene ring substituents is 1. The Kier molecular flexibility index (Phi) is 5.99. The number of nitrogens with one attached hydrogen (secondary N) is 1. The van der Waals surface area contributed by atoms with Crippen LogP contribution in [0.2, 0.25) is 0 Å². The molecule has 0 radical (unpaired) electrons. The van der Waals surface area contributed by atoms with Gasteiger partial charge in [0.15, 0.2) is 0 Å². The molecule has 27 heavy (non-hydrogen) atoms. The first-order valence-corrected chi connectivity index (χ1v) is 9.92. The molecule has 148 valence electrons. The van der Waals surface area contributed by atoms with E-state index in [1.807, 2.05) is 0 Å². The number of amides is 1. The van der Waals surface area contributed by atoms with Gasteiger partial charge in [-0.15, -0.1) is 0 Å². The van der Waals surface area contributed by atoms with Gasteiger partial charge in [0.2, 0.25) is 0 Å². The van der Waals surface area contributed by atoms with Gasteiger partial charge in [0.05, 0.1) is 4.92 Å². The van der Waals surface area contributed by atoms with Crippen LogP contribution in [0.1, 0.15) is 55.3 Å². The van der Waals surface area contributed by atoms with Crippen LogP contribution in [0, 0.1) is 10.1 Å². The van der Waals surface area contributed by atoms with Crippen LogP contribution < -0.4 is 5.32 Å². The maximum atomic E-state index is 12.8. The molecule has 7 heteroatoms. The summed E-state index contributed by atoms with van der Waals surface area (Å²) in [7, 11) is 4.23. The summed E-state index contributed by atoms with van der Waals surface area (Å²) in [6, 6.07) is 4.82. The molecule has 1 aliphatic heterocycles. The van der Waals surface area contributed by atoms with Gasteiger partial charge in [-0.25, -0.2) is 0 Å². The predicted octanol–water partition coefficient (Wildman–Crippen LogP) is 3.51. The third kappa shape index (κ3) is 4.24. The number of nitro groups is 1. The monoisotopic (exact) mass is 374 g/mol. The van der Waals surface area contributed by atoms with Crippen molar-refractivity contribution < 1.29 is 9.72 Å². The fraction of sp³-hybridized carbons (Fsp3) is 0.650. The number of hydrogen-bond donors (Lipinski definition) is 1. The zero-order valence-electron chi connectivity index (χ0n) is 16.4. The molecule has 1 heterocycles. The molecule has 0 unspecified atom stereocenters. The van der Waals surface area contributed by atoms with Crippen LogP contribution in [0.15, 0.2) is 18.2 Å². The number of anilines is 1. The van der Waals surface area contributed by atoms with Crippen LogP contribution in [0.3, 0.4) is 0 Å². The van der Waals surface area contributed by atoms with Crippen molar-refractivity contribution in [3.8, 4) is 0 Å². The number of likely N-dealkylation sites (N-methyl/N-ethyl adjacent to an activating group) is 1. The zero-order valence-corrected chi connectivity index (χ0v) is 16.4. The van der Waals surface area contributed by atoms with E-state index >= 15 is 0 Å². The molecule has 2 fully saturated rings. The third-order valence-electron chi connectivity index (χ3n) is 6.17. The van der Waals surface area contributed by atoms with E-state index in [4.69, 9.17) is 0 Å². The molecular weight excluding hydrogens is 344 g/mol. The Morgan fingerprint density at radius 1 is 1.19 bits per heavy atom. The normalized spacial score (nSPS) is 19.3. The highest BCUT2D eigenvalue weighted by atomic mass is 16.6. The summed E-state index contributed by atoms with van der Waals surface area (Å²) in [6.07, 6.45) is 7.92. The van der Waals surface area contributed by atoms with E-state index in [1.165, 1.54) is 25.3 Å². The minimum atomic E-state index is -0.463. The maximum absolute atomic E-state index is 12.8. The Bertz CT molecular complexity index is 692. The van der Waals surface area contributed by atoms with E-state index < -0.39 is 4.92 Å². The number of hydrogen-bond acceptors (Lipinski definition) is 5. The van der Waals surface area contributed by atoms with Crippen LogP contribution in [0.25, 0.3) is 0 Å². The molecule has 3 rings (SSSR count). The van der Waals surface area contributed by atoms with Gasteiger partial charge < -0.3 is 15.1 Å². The molecule has 1 aromatic carbocycles. The summed E-state index contributed by atoms with van der Waals surface area (Å²) in [5.74, 6) is -0.233. The van der Waals surface area contributed by atoms with E-state index in [0.29, 0.717) is 13.1 Å². The van der Waals surface area contributed by atoms with Gasteiger partial charge in [0.25, 0.3) is 11.6 Å². The average molecular weight is 374 g/mol. The largest absolute Gasteiger partial charge is 0.383 e. The lowest BCUT2D eigenvalue weighted by Crippen LogP contribution is -2.50. The quantitative estimate of drug-likeness (QED) is 0.609. The Morgan fingerprint density at radius 3 is 2.44 bits per heavy atom. The van der Waals surface area contributed by atoms with E-state index in [0.717, 1.165) is 37.9 Å². The van der Waals surface area contributed by atoms with Crippen LogP contribution in [-0.4, -0.2) is 59.9 Å². The number of rotatable bonds is 6. The van der Waals surface area contributed by atoms with Gasteiger partial charge in [-0.3, -0.25) is 14.9 Å². The van der Waals surface area contributed by atoms with Crippen LogP contribution in [-0.2, 0) is 0 Å². The highest BCUT2D eigenvalue weighted by Gasteiger charge is 2.34. The second kappa shape index (κ2) is 8.25. The van der Waals surface area contributed by atoms with Gasteiger partial charge in [-0.05, 0) is 51.9 Å². The van der Waals surface area contributed by atoms with Crippen molar-refractivity contribution in [2.45, 2.75) is 50.5 Å². The Balaban J connectivity index is 1.80. The molecule has 1 amide bonds. The fourth-order valence-corrected chi connectivity index (χ4v) is 4.33. The standard InChI is InChI=1S/C20H30N4O3/c1-22(2)20(10-4-3-5-11-20)15-21-16-8-9-18(24(26)27)17(14-16)19(25)23-12-6-7-13-23/h8-9,14,21H,3-7,10-13,15H2,1-2H3. The zero-order chi connectivity index (χ0) is 19.4. The SMILES string of the molecule is CN(C)C1(CNc2ccc([N+](=O)[O-])c(C(=O)N3CCCC3)c2)CCCCC1. The lowest BCUT2D eigenvalue weighted by atomic mass is 9.80. The van der Waals surface area contributed by atoms with Crippen molar-refractivity contribution in [1.82, 2.24) is 9.80 Å². The molecule has 1 N–H and O–H groups in total. The second-order valence-electron chi connectivity index (χ2n) is 8.02. The molecule has 1 aromatic rings. The summed E-state index contributed by atoms with van der Waals surface area (Å²) >= 11 is 0. The van der Waals surface area contributed by atoms with Crippen LogP contribution in [0.5, 0.6) is 0 Å². The maximum Gasteiger partial charge on any atom is 0.282 e. The Morgan fingerprint density at radius 2 is 1.85 bits per heavy atom. The number of likely N-dealkylation sites (tertiary alicyclic amines) is 1. The van der Waals surface area contributed by atoms with E-state index in [2.05, 4.69) is 24.3 Å². The minimum absolute atomic E-state index is 0.0964. The molecule has 2 aliphatic rings. The smallest absolute Gasteiger partial charge is 0.282 e. The summed E-state index contributed by atoms with van der Waals surface area (Å²) in [5.41, 5.74) is 0.945. The number of carbonyl (C=O) groups is 1. The second-order valence-corrected chi connectivity index (χ2v) is 8.02.